The van der Waals surface area contributed by atoms with Crippen molar-refractivity contribution < 1.29 is 4.39 Å². The third-order valence-electron chi connectivity index (χ3n) is 5.15. The van der Waals surface area contributed by atoms with E-state index in [0.29, 0.717) is 5.69 Å². The number of H-pyrrole nitrogens is 1. The van der Waals surface area contributed by atoms with Crippen LogP contribution in [0.5, 0.6) is 0 Å². The third-order valence-corrected chi connectivity index (χ3v) is 5.15. The average molecular weight is 374 g/mol. The predicted octanol–water partition coefficient (Wildman–Crippen LogP) is 3.28. The van der Waals surface area contributed by atoms with Gasteiger partial charge in [-0.05, 0) is 23.8 Å². The van der Waals surface area contributed by atoms with E-state index >= 15 is 0 Å². The molecule has 0 aliphatic carbocycles. The highest BCUT2D eigenvalue weighted by Gasteiger charge is 2.32. The largest absolute Gasteiger partial charge is 0.348 e. The Morgan fingerprint density at radius 2 is 2.07 bits per heavy atom. The molecule has 3 aromatic heterocycles. The van der Waals surface area contributed by atoms with E-state index in [1.54, 1.807) is 41.6 Å². The van der Waals surface area contributed by atoms with Gasteiger partial charge in [0.2, 0.25) is 0 Å². The van der Waals surface area contributed by atoms with E-state index < -0.39 is 0 Å². The maximum Gasteiger partial charge on any atom is 0.148 e. The summed E-state index contributed by atoms with van der Waals surface area (Å²) in [5.74, 6) is -0.298. The molecular formula is C21H19FN6. The van der Waals surface area contributed by atoms with Crippen LogP contribution in [0.1, 0.15) is 28.6 Å². The maximum absolute atomic E-state index is 14.2. The summed E-state index contributed by atoms with van der Waals surface area (Å²) < 4.78 is 15.8. The second kappa shape index (κ2) is 7.01. The number of nitrogens with one attached hydrogen (secondary N) is 1. The first-order valence-electron chi connectivity index (χ1n) is 9.24. The van der Waals surface area contributed by atoms with Crippen molar-refractivity contribution in [3.8, 4) is 5.69 Å². The molecule has 0 amide bonds. The van der Waals surface area contributed by atoms with Crippen LogP contribution in [0.3, 0.4) is 0 Å². The van der Waals surface area contributed by atoms with Gasteiger partial charge in [0.25, 0.3) is 0 Å². The number of halogens is 1. The minimum Gasteiger partial charge on any atom is -0.348 e. The average Bonchev–Trinajstić information content (AvgIpc) is 3.39. The molecule has 1 atom stereocenters. The Morgan fingerprint density at radius 1 is 1.14 bits per heavy atom. The lowest BCUT2D eigenvalue weighted by atomic mass is 9.97. The van der Waals surface area contributed by atoms with Crippen molar-refractivity contribution in [2.75, 3.05) is 6.54 Å². The van der Waals surface area contributed by atoms with E-state index in [9.17, 15) is 4.39 Å². The zero-order valence-corrected chi connectivity index (χ0v) is 15.2. The van der Waals surface area contributed by atoms with E-state index in [2.05, 4.69) is 31.0 Å². The monoisotopic (exact) mass is 374 g/mol. The fraction of sp³-hybridized carbons (Fsp3) is 0.190. The Morgan fingerprint density at radius 3 is 2.93 bits per heavy atom. The Labute approximate surface area is 161 Å². The summed E-state index contributed by atoms with van der Waals surface area (Å²) in [5.41, 5.74) is 4.72. The zero-order valence-electron chi connectivity index (χ0n) is 15.2. The van der Waals surface area contributed by atoms with Gasteiger partial charge in [0.15, 0.2) is 0 Å². The summed E-state index contributed by atoms with van der Waals surface area (Å²) in [6.45, 7) is 1.65. The van der Waals surface area contributed by atoms with Gasteiger partial charge in [0.1, 0.15) is 11.5 Å². The molecule has 4 heterocycles. The fourth-order valence-electron chi connectivity index (χ4n) is 3.84. The summed E-state index contributed by atoms with van der Waals surface area (Å²) in [7, 11) is 0. The van der Waals surface area contributed by atoms with Crippen LogP contribution in [0.4, 0.5) is 4.39 Å². The van der Waals surface area contributed by atoms with E-state index in [4.69, 9.17) is 0 Å². The highest BCUT2D eigenvalue weighted by molar-refractivity contribution is 5.36. The number of hydrogen-bond donors (Lipinski definition) is 1. The number of rotatable bonds is 4. The Bertz CT molecular complexity index is 1090. The molecule has 4 aromatic rings. The van der Waals surface area contributed by atoms with Crippen LogP contribution in [0.15, 0.2) is 67.5 Å². The number of imidazole rings is 1. The van der Waals surface area contributed by atoms with Gasteiger partial charge in [-0.2, -0.15) is 5.10 Å². The summed E-state index contributed by atoms with van der Waals surface area (Å²) in [6, 6.07) is 10.6. The number of pyridine rings is 1. The predicted molar refractivity (Wildman–Crippen MR) is 102 cm³/mol. The minimum atomic E-state index is -0.298. The number of nitrogens with zero attached hydrogens (tertiary/aromatic N) is 5. The lowest BCUT2D eigenvalue weighted by Gasteiger charge is -2.34. The van der Waals surface area contributed by atoms with Gasteiger partial charge in [0.05, 0.1) is 24.3 Å². The molecule has 0 spiro atoms. The van der Waals surface area contributed by atoms with Crippen molar-refractivity contribution in [3.63, 3.8) is 0 Å². The van der Waals surface area contributed by atoms with Crippen molar-refractivity contribution in [2.45, 2.75) is 19.0 Å². The minimum absolute atomic E-state index is 0.0456. The van der Waals surface area contributed by atoms with Crippen molar-refractivity contribution in [1.82, 2.24) is 29.6 Å². The molecule has 140 valence electrons. The molecule has 0 fully saturated rings. The van der Waals surface area contributed by atoms with Gasteiger partial charge in [-0.1, -0.05) is 18.2 Å². The maximum atomic E-state index is 14.2. The Kier molecular flexibility index (Phi) is 4.21. The first kappa shape index (κ1) is 16.8. The molecule has 1 aliphatic rings. The highest BCUT2D eigenvalue weighted by Crippen LogP contribution is 2.34. The van der Waals surface area contributed by atoms with Crippen LogP contribution in [-0.2, 0) is 13.0 Å². The summed E-state index contributed by atoms with van der Waals surface area (Å²) >= 11 is 0. The van der Waals surface area contributed by atoms with Crippen molar-refractivity contribution in [2.24, 2.45) is 0 Å². The Hall–Kier alpha value is -3.32. The SMILES string of the molecule is Fc1ccccc1-n1cc(C2c3nc[nH]c3CCN2Cc2cccnc2)cn1. The first-order chi connectivity index (χ1) is 13.8. The molecule has 1 aliphatic heterocycles. The van der Waals surface area contributed by atoms with Crippen molar-refractivity contribution in [1.29, 1.82) is 0 Å². The molecule has 7 heteroatoms. The fourth-order valence-corrected chi connectivity index (χ4v) is 3.84. The molecule has 1 unspecified atom stereocenters. The van der Waals surface area contributed by atoms with E-state index in [-0.39, 0.29) is 11.9 Å². The smallest absolute Gasteiger partial charge is 0.148 e. The van der Waals surface area contributed by atoms with Gasteiger partial charge in [-0.25, -0.2) is 14.1 Å². The third kappa shape index (κ3) is 2.99. The molecule has 1 aromatic carbocycles. The van der Waals surface area contributed by atoms with Gasteiger partial charge < -0.3 is 4.98 Å². The second-order valence-corrected chi connectivity index (χ2v) is 6.92. The van der Waals surface area contributed by atoms with Crippen LogP contribution in [0.25, 0.3) is 5.69 Å². The normalized spacial score (nSPS) is 16.8. The van der Waals surface area contributed by atoms with Crippen LogP contribution in [0.2, 0.25) is 0 Å². The van der Waals surface area contributed by atoms with Gasteiger partial charge in [0, 0.05) is 49.4 Å². The number of hydrogen-bond acceptors (Lipinski definition) is 4. The van der Waals surface area contributed by atoms with Gasteiger partial charge in [-0.15, -0.1) is 0 Å². The zero-order chi connectivity index (χ0) is 18.9. The molecule has 0 saturated heterocycles. The van der Waals surface area contributed by atoms with Crippen molar-refractivity contribution in [3.05, 3.63) is 95.8 Å². The first-order valence-corrected chi connectivity index (χ1v) is 9.24. The number of aromatic amines is 1. The number of para-hydroxylation sites is 1. The molecule has 6 nitrogen and oxygen atoms in total. The number of benzene rings is 1. The summed E-state index contributed by atoms with van der Waals surface area (Å²) in [6.07, 6.45) is 10.0. The van der Waals surface area contributed by atoms with E-state index in [1.807, 2.05) is 18.5 Å². The lowest BCUT2D eigenvalue weighted by Crippen LogP contribution is -2.35. The molecule has 0 saturated carbocycles. The van der Waals surface area contributed by atoms with Crippen molar-refractivity contribution >= 4 is 0 Å². The molecule has 28 heavy (non-hydrogen) atoms. The number of aromatic nitrogens is 5. The summed E-state index contributed by atoms with van der Waals surface area (Å²) in [5, 5.41) is 4.42. The lowest BCUT2D eigenvalue weighted by molar-refractivity contribution is 0.200. The van der Waals surface area contributed by atoms with E-state index in [0.717, 1.165) is 42.0 Å². The van der Waals surface area contributed by atoms with Crippen LogP contribution < -0.4 is 0 Å². The van der Waals surface area contributed by atoms with Gasteiger partial charge >= 0.3 is 0 Å². The highest BCUT2D eigenvalue weighted by atomic mass is 19.1. The Balaban J connectivity index is 1.53. The molecule has 0 bridgehead atoms. The molecule has 0 radical (unpaired) electrons. The van der Waals surface area contributed by atoms with E-state index in [1.165, 1.54) is 6.07 Å². The summed E-state index contributed by atoms with van der Waals surface area (Å²) in [4.78, 5) is 14.4. The van der Waals surface area contributed by atoms with Crippen LogP contribution >= 0.6 is 0 Å². The van der Waals surface area contributed by atoms with Crippen LogP contribution in [0, 0.1) is 5.82 Å². The topological polar surface area (TPSA) is 62.6 Å². The molecule has 5 rings (SSSR count). The quantitative estimate of drug-likeness (QED) is 0.596. The standard InChI is InChI=1S/C21H19FN6/c22-17-5-1-2-6-19(17)28-13-16(11-26-28)21-20-18(24-14-25-20)7-9-27(21)12-15-4-3-8-23-10-15/h1-6,8,10-11,13-14,21H,7,9,12H2,(H,24,25). The molecule has 1 N–H and O–H groups in total. The second-order valence-electron chi connectivity index (χ2n) is 6.92. The molecular weight excluding hydrogens is 355 g/mol. The van der Waals surface area contributed by atoms with Crippen LogP contribution in [-0.4, -0.2) is 36.2 Å². The van der Waals surface area contributed by atoms with Gasteiger partial charge in [-0.3, -0.25) is 9.88 Å². The number of fused-ring (bicyclic) bond motifs is 1.